The minimum Gasteiger partial charge on any atom is -0.495 e. The molecule has 1 heterocycles. The fraction of sp³-hybridized carbons (Fsp3) is 0.231. The van der Waals surface area contributed by atoms with E-state index < -0.39 is 25.1 Å². The number of hydrogen-bond donors (Lipinski definition) is 2. The average molecular weight is 398 g/mol. The number of alkyl halides is 3. The van der Waals surface area contributed by atoms with E-state index in [-0.39, 0.29) is 12.6 Å². The van der Waals surface area contributed by atoms with Gasteiger partial charge < -0.3 is 19.5 Å². The van der Waals surface area contributed by atoms with E-state index >= 15 is 0 Å². The number of methoxy groups -OCH3 is 1. The molecule has 0 bridgehead atoms. The smallest absolute Gasteiger partial charge is 0.420 e. The highest BCUT2D eigenvalue weighted by Gasteiger charge is 2.34. The predicted molar refractivity (Wildman–Crippen MR) is 84.3 cm³/mol. The Kier molecular flexibility index (Phi) is 6.23. The van der Waals surface area contributed by atoms with Crippen LogP contribution in [0.5, 0.6) is 5.75 Å². The molecule has 0 saturated carbocycles. The van der Waals surface area contributed by atoms with Gasteiger partial charge in [-0.3, -0.25) is 4.57 Å². The molecule has 7 nitrogen and oxygen atoms in total. The number of nitrogens with one attached hydrogen (secondary N) is 1. The van der Waals surface area contributed by atoms with Crippen LogP contribution in [-0.4, -0.2) is 22.0 Å². The second-order valence-corrected chi connectivity index (χ2v) is 5.79. The Morgan fingerprint density at radius 3 is 2.68 bits per heavy atom. The Morgan fingerprint density at radius 1 is 1.40 bits per heavy atom. The molecule has 1 aromatic carbocycles. The summed E-state index contributed by atoms with van der Waals surface area (Å²) < 4.78 is 58.3. The molecule has 0 saturated heterocycles. The highest BCUT2D eigenvalue weighted by atomic mass is 35.5. The lowest BCUT2D eigenvalue weighted by atomic mass is 10.2. The summed E-state index contributed by atoms with van der Waals surface area (Å²) in [5.41, 5.74) is -0.224. The largest absolute Gasteiger partial charge is 0.495 e. The molecule has 12 heteroatoms. The zero-order chi connectivity index (χ0) is 18.6. The summed E-state index contributed by atoms with van der Waals surface area (Å²) in [4.78, 5) is 15.8. The first kappa shape index (κ1) is 19.5. The maximum Gasteiger partial charge on any atom is 0.420 e. The lowest BCUT2D eigenvalue weighted by Gasteiger charge is -2.13. The zero-order valence-electron chi connectivity index (χ0n) is 12.6. The van der Waals surface area contributed by atoms with Gasteiger partial charge in [0.05, 0.1) is 19.4 Å². The molecule has 0 radical (unpaired) electrons. The van der Waals surface area contributed by atoms with Gasteiger partial charge in [0.25, 0.3) is 0 Å². The quantitative estimate of drug-likeness (QED) is 0.565. The third-order valence-corrected chi connectivity index (χ3v) is 3.60. The molecule has 0 fully saturated rings. The molecule has 2 aromatic rings. The maximum absolute atomic E-state index is 12.6. The number of rotatable bonds is 6. The summed E-state index contributed by atoms with van der Waals surface area (Å²) in [6.45, 7) is -0.104. The van der Waals surface area contributed by atoms with Gasteiger partial charge in [0, 0.05) is 6.20 Å². The summed E-state index contributed by atoms with van der Waals surface area (Å²) in [6.07, 6.45) is -4.07. The van der Waals surface area contributed by atoms with Crippen molar-refractivity contribution in [2.45, 2.75) is 12.8 Å². The monoisotopic (exact) mass is 397 g/mol. The Bertz CT molecular complexity index is 792. The SMILES string of the molecule is COc1cc(CO[PH](=O)O)ccc1Nc1ncc(C(F)(F)F)c(Cl)n1. The molecule has 2 N–H and O–H groups in total. The molecule has 0 aliphatic heterocycles. The van der Waals surface area contributed by atoms with Crippen LogP contribution in [0, 0.1) is 0 Å². The number of hydrogen-bond acceptors (Lipinski definition) is 6. The Balaban J connectivity index is 2.22. The van der Waals surface area contributed by atoms with Crippen molar-refractivity contribution in [2.75, 3.05) is 12.4 Å². The van der Waals surface area contributed by atoms with E-state index in [1.807, 2.05) is 0 Å². The molecule has 0 aliphatic rings. The van der Waals surface area contributed by atoms with Gasteiger partial charge in [0.15, 0.2) is 0 Å². The Morgan fingerprint density at radius 2 is 2.12 bits per heavy atom. The van der Waals surface area contributed by atoms with E-state index in [4.69, 9.17) is 21.2 Å². The zero-order valence-corrected chi connectivity index (χ0v) is 14.4. The molecular formula is C13H12ClF3N3O4P. The normalized spacial score (nSPS) is 12.7. The van der Waals surface area contributed by atoms with Crippen LogP contribution in [0.25, 0.3) is 0 Å². The van der Waals surface area contributed by atoms with Crippen LogP contribution in [0.3, 0.4) is 0 Å². The number of halogens is 4. The van der Waals surface area contributed by atoms with Crippen molar-refractivity contribution in [3.05, 3.63) is 40.7 Å². The second-order valence-electron chi connectivity index (χ2n) is 4.61. The number of benzene rings is 1. The maximum atomic E-state index is 12.6. The van der Waals surface area contributed by atoms with Crippen molar-refractivity contribution >= 4 is 31.5 Å². The van der Waals surface area contributed by atoms with Gasteiger partial charge in [-0.05, 0) is 17.7 Å². The average Bonchev–Trinajstić information content (AvgIpc) is 2.52. The molecule has 136 valence electrons. The van der Waals surface area contributed by atoms with Crippen LogP contribution in [0.4, 0.5) is 24.8 Å². The van der Waals surface area contributed by atoms with E-state index in [0.717, 1.165) is 0 Å². The summed E-state index contributed by atoms with van der Waals surface area (Å²) in [6, 6.07) is 4.63. The number of ether oxygens (including phenoxy) is 1. The minimum absolute atomic E-state index is 0.104. The van der Waals surface area contributed by atoms with Crippen molar-refractivity contribution in [1.82, 2.24) is 9.97 Å². The predicted octanol–water partition coefficient (Wildman–Crippen LogP) is 3.80. The summed E-state index contributed by atoms with van der Waals surface area (Å²) in [7, 11) is -1.69. The van der Waals surface area contributed by atoms with E-state index in [0.29, 0.717) is 23.2 Å². The molecule has 25 heavy (non-hydrogen) atoms. The van der Waals surface area contributed by atoms with Gasteiger partial charge in [-0.2, -0.15) is 13.2 Å². The molecule has 1 atom stereocenters. The van der Waals surface area contributed by atoms with E-state index in [1.165, 1.54) is 19.2 Å². The van der Waals surface area contributed by atoms with Crippen molar-refractivity contribution in [3.63, 3.8) is 0 Å². The third-order valence-electron chi connectivity index (χ3n) is 2.92. The Labute approximate surface area is 145 Å². The van der Waals surface area contributed by atoms with Gasteiger partial charge >= 0.3 is 14.4 Å². The molecule has 1 unspecified atom stereocenters. The highest BCUT2D eigenvalue weighted by molar-refractivity contribution is 7.32. The first-order valence-electron chi connectivity index (χ1n) is 6.60. The first-order chi connectivity index (χ1) is 11.7. The second kappa shape index (κ2) is 8.01. The van der Waals surface area contributed by atoms with Crippen LogP contribution in [0.15, 0.2) is 24.4 Å². The molecule has 2 rings (SSSR count). The molecular weight excluding hydrogens is 386 g/mol. The fourth-order valence-corrected chi connectivity index (χ4v) is 2.33. The van der Waals surface area contributed by atoms with Gasteiger partial charge in [0.2, 0.25) is 5.95 Å². The van der Waals surface area contributed by atoms with Crippen LogP contribution in [0.2, 0.25) is 5.15 Å². The van der Waals surface area contributed by atoms with Gasteiger partial charge in [0.1, 0.15) is 16.5 Å². The number of anilines is 2. The lowest BCUT2D eigenvalue weighted by Crippen LogP contribution is -2.09. The number of aromatic nitrogens is 2. The van der Waals surface area contributed by atoms with E-state index in [9.17, 15) is 17.7 Å². The molecule has 0 aliphatic carbocycles. The summed E-state index contributed by atoms with van der Waals surface area (Å²) >= 11 is 5.54. The molecule has 0 spiro atoms. The van der Waals surface area contributed by atoms with Crippen molar-refractivity contribution < 1.29 is 31.9 Å². The van der Waals surface area contributed by atoms with Crippen LogP contribution < -0.4 is 10.1 Å². The van der Waals surface area contributed by atoms with Gasteiger partial charge in [-0.15, -0.1) is 0 Å². The van der Waals surface area contributed by atoms with Gasteiger partial charge in [-0.25, -0.2) is 9.97 Å². The molecule has 1 aromatic heterocycles. The van der Waals surface area contributed by atoms with Crippen LogP contribution >= 0.6 is 19.9 Å². The third kappa shape index (κ3) is 5.30. The first-order valence-corrected chi connectivity index (χ1v) is 8.24. The standard InChI is InChI=1S/C13H12ClF3N3O4P/c1-23-10-4-7(6-24-25(21)22)2-3-9(10)19-12-18-5-8(11(14)20-12)13(15,16)17/h2-5,25H,6H2,1H3,(H,21,22)(H,18,19,20). The van der Waals surface area contributed by atoms with Gasteiger partial charge in [-0.1, -0.05) is 17.7 Å². The lowest BCUT2D eigenvalue weighted by molar-refractivity contribution is -0.137. The minimum atomic E-state index is -4.65. The van der Waals surface area contributed by atoms with Crippen molar-refractivity contribution in [2.24, 2.45) is 0 Å². The topological polar surface area (TPSA) is 93.6 Å². The van der Waals surface area contributed by atoms with E-state index in [1.54, 1.807) is 6.07 Å². The van der Waals surface area contributed by atoms with Crippen LogP contribution in [-0.2, 0) is 21.9 Å². The highest BCUT2D eigenvalue weighted by Crippen LogP contribution is 2.34. The molecule has 0 amide bonds. The summed E-state index contributed by atoms with van der Waals surface area (Å²) in [5.74, 6) is 0.152. The van der Waals surface area contributed by atoms with Crippen molar-refractivity contribution in [3.8, 4) is 5.75 Å². The van der Waals surface area contributed by atoms with Crippen LogP contribution in [0.1, 0.15) is 11.1 Å². The Hall–Kier alpha value is -1.87. The summed E-state index contributed by atoms with van der Waals surface area (Å²) in [5, 5.41) is 1.96. The number of nitrogens with zero attached hydrogens (tertiary/aromatic N) is 2. The van der Waals surface area contributed by atoms with Crippen molar-refractivity contribution in [1.29, 1.82) is 0 Å². The van der Waals surface area contributed by atoms with E-state index in [2.05, 4.69) is 19.8 Å². The fourth-order valence-electron chi connectivity index (χ4n) is 1.81.